The van der Waals surface area contributed by atoms with Gasteiger partial charge in [-0.3, -0.25) is 4.90 Å². The quantitative estimate of drug-likeness (QED) is 0.899. The summed E-state index contributed by atoms with van der Waals surface area (Å²) in [7, 11) is 0. The van der Waals surface area contributed by atoms with Gasteiger partial charge in [-0.1, -0.05) is 13.8 Å². The molecule has 0 amide bonds. The predicted molar refractivity (Wildman–Crippen MR) is 82.7 cm³/mol. The van der Waals surface area contributed by atoms with Crippen LogP contribution >= 0.6 is 11.3 Å². The topological polar surface area (TPSA) is 28.2 Å². The minimum Gasteiger partial charge on any atom is -0.314 e. The van der Waals surface area contributed by atoms with Gasteiger partial charge in [-0.2, -0.15) is 0 Å². The van der Waals surface area contributed by atoms with E-state index in [2.05, 4.69) is 42.9 Å². The number of piperidine rings is 1. The molecule has 3 nitrogen and oxygen atoms in total. The summed E-state index contributed by atoms with van der Waals surface area (Å²) in [6.45, 7) is 13.4. The summed E-state index contributed by atoms with van der Waals surface area (Å²) in [5.74, 6) is 0.860. The number of hydrogen-bond donors (Lipinski definition) is 1. The molecule has 1 aromatic rings. The Hall–Kier alpha value is -0.450. The lowest BCUT2D eigenvalue weighted by atomic mass is 9.96. The lowest BCUT2D eigenvalue weighted by Crippen LogP contribution is -2.38. The second-order valence-corrected chi connectivity index (χ2v) is 7.32. The van der Waals surface area contributed by atoms with Crippen LogP contribution in [0.3, 0.4) is 0 Å². The number of aryl methyl sites for hydroxylation is 2. The predicted octanol–water partition coefficient (Wildman–Crippen LogP) is 2.97. The molecule has 0 saturated carbocycles. The van der Waals surface area contributed by atoms with Gasteiger partial charge >= 0.3 is 0 Å². The zero-order valence-corrected chi connectivity index (χ0v) is 13.5. The van der Waals surface area contributed by atoms with Crippen LogP contribution in [-0.2, 0) is 6.54 Å². The van der Waals surface area contributed by atoms with Crippen molar-refractivity contribution in [2.75, 3.05) is 19.6 Å². The van der Waals surface area contributed by atoms with E-state index in [4.69, 9.17) is 0 Å². The van der Waals surface area contributed by atoms with E-state index in [0.717, 1.165) is 12.5 Å². The van der Waals surface area contributed by atoms with Crippen LogP contribution in [0, 0.1) is 19.8 Å². The minimum absolute atomic E-state index is 0.610. The van der Waals surface area contributed by atoms with Gasteiger partial charge in [0.15, 0.2) is 0 Å². The van der Waals surface area contributed by atoms with Gasteiger partial charge < -0.3 is 5.32 Å². The Morgan fingerprint density at radius 3 is 2.53 bits per heavy atom. The molecule has 1 aliphatic heterocycles. The van der Waals surface area contributed by atoms with E-state index >= 15 is 0 Å². The van der Waals surface area contributed by atoms with Crippen molar-refractivity contribution >= 4 is 11.3 Å². The van der Waals surface area contributed by atoms with E-state index in [0.29, 0.717) is 6.04 Å². The summed E-state index contributed by atoms with van der Waals surface area (Å²) in [6, 6.07) is 0.610. The largest absolute Gasteiger partial charge is 0.314 e. The van der Waals surface area contributed by atoms with Crippen LogP contribution in [0.4, 0.5) is 0 Å². The monoisotopic (exact) mass is 281 g/mol. The molecule has 0 radical (unpaired) electrons. The Labute approximate surface area is 121 Å². The van der Waals surface area contributed by atoms with E-state index in [1.165, 1.54) is 48.1 Å². The summed E-state index contributed by atoms with van der Waals surface area (Å²) in [4.78, 5) is 8.57. The van der Waals surface area contributed by atoms with Gasteiger partial charge in [0.05, 0.1) is 12.2 Å². The first-order valence-corrected chi connectivity index (χ1v) is 8.25. The molecular weight excluding hydrogens is 254 g/mol. The first-order chi connectivity index (χ1) is 9.04. The summed E-state index contributed by atoms with van der Waals surface area (Å²) in [6.07, 6.45) is 2.64. The van der Waals surface area contributed by atoms with Crippen LogP contribution in [0.5, 0.6) is 0 Å². The highest BCUT2D eigenvalue weighted by Crippen LogP contribution is 2.22. The molecule has 1 N–H and O–H groups in total. The van der Waals surface area contributed by atoms with Gasteiger partial charge in [0.25, 0.3) is 0 Å². The Morgan fingerprint density at radius 1 is 1.32 bits per heavy atom. The minimum atomic E-state index is 0.610. The molecular formula is C15H27N3S. The molecule has 0 aromatic carbocycles. The number of nitrogens with one attached hydrogen (secondary N) is 1. The second kappa shape index (κ2) is 6.82. The number of rotatable bonds is 5. The highest BCUT2D eigenvalue weighted by Gasteiger charge is 2.20. The summed E-state index contributed by atoms with van der Waals surface area (Å²) >= 11 is 1.86. The molecule has 108 valence electrons. The SMILES string of the molecule is Cc1nc(CN2CCC(CNC(C)C)CC2)sc1C. The fourth-order valence-corrected chi connectivity index (χ4v) is 3.53. The van der Waals surface area contributed by atoms with Gasteiger partial charge in [0.2, 0.25) is 0 Å². The van der Waals surface area contributed by atoms with Gasteiger partial charge in [0, 0.05) is 10.9 Å². The maximum absolute atomic E-state index is 4.65. The molecule has 19 heavy (non-hydrogen) atoms. The van der Waals surface area contributed by atoms with Gasteiger partial charge in [-0.25, -0.2) is 4.98 Å². The van der Waals surface area contributed by atoms with E-state index in [1.807, 2.05) is 11.3 Å². The van der Waals surface area contributed by atoms with Crippen molar-refractivity contribution in [3.05, 3.63) is 15.6 Å². The standard InChI is InChI=1S/C15H27N3S/c1-11(2)16-9-14-5-7-18(8-6-14)10-15-17-12(3)13(4)19-15/h11,14,16H,5-10H2,1-4H3. The molecule has 2 heterocycles. The normalized spacial score (nSPS) is 18.4. The van der Waals surface area contributed by atoms with Crippen molar-refractivity contribution in [1.29, 1.82) is 0 Å². The zero-order chi connectivity index (χ0) is 13.8. The Bertz CT molecular complexity index is 373. The van der Waals surface area contributed by atoms with Crippen LogP contribution in [0.1, 0.15) is 42.3 Å². The van der Waals surface area contributed by atoms with Gasteiger partial charge in [-0.05, 0) is 52.2 Å². The fraction of sp³-hybridized carbons (Fsp3) is 0.800. The third kappa shape index (κ3) is 4.55. The molecule has 1 fully saturated rings. The Balaban J connectivity index is 1.74. The molecule has 0 spiro atoms. The number of thiazole rings is 1. The van der Waals surface area contributed by atoms with Crippen LogP contribution in [0.25, 0.3) is 0 Å². The molecule has 2 rings (SSSR count). The molecule has 0 unspecified atom stereocenters. The zero-order valence-electron chi connectivity index (χ0n) is 12.7. The average Bonchev–Trinajstić information content (AvgIpc) is 2.67. The highest BCUT2D eigenvalue weighted by molar-refractivity contribution is 7.11. The van der Waals surface area contributed by atoms with Crippen LogP contribution in [-0.4, -0.2) is 35.6 Å². The van der Waals surface area contributed by atoms with Crippen molar-refractivity contribution in [3.63, 3.8) is 0 Å². The van der Waals surface area contributed by atoms with E-state index in [1.54, 1.807) is 0 Å². The first kappa shape index (κ1) is 14.9. The van der Waals surface area contributed by atoms with Crippen LogP contribution in [0.15, 0.2) is 0 Å². The molecule has 0 atom stereocenters. The van der Waals surface area contributed by atoms with E-state index in [-0.39, 0.29) is 0 Å². The number of hydrogen-bond acceptors (Lipinski definition) is 4. The molecule has 1 aliphatic rings. The van der Waals surface area contributed by atoms with Crippen LogP contribution in [0.2, 0.25) is 0 Å². The van der Waals surface area contributed by atoms with Gasteiger partial charge in [0.1, 0.15) is 5.01 Å². The number of likely N-dealkylation sites (tertiary alicyclic amines) is 1. The third-order valence-corrected chi connectivity index (χ3v) is 5.01. The summed E-state index contributed by atoms with van der Waals surface area (Å²) in [5.41, 5.74) is 1.20. The van der Waals surface area contributed by atoms with E-state index < -0.39 is 0 Å². The summed E-state index contributed by atoms with van der Waals surface area (Å²) < 4.78 is 0. The second-order valence-electron chi connectivity index (χ2n) is 6.03. The average molecular weight is 281 g/mol. The third-order valence-electron chi connectivity index (χ3n) is 3.95. The maximum atomic E-state index is 4.65. The molecule has 4 heteroatoms. The molecule has 1 aromatic heterocycles. The van der Waals surface area contributed by atoms with E-state index in [9.17, 15) is 0 Å². The van der Waals surface area contributed by atoms with Crippen molar-refractivity contribution in [2.24, 2.45) is 5.92 Å². The lowest BCUT2D eigenvalue weighted by molar-refractivity contribution is 0.174. The molecule has 0 bridgehead atoms. The van der Waals surface area contributed by atoms with Crippen molar-refractivity contribution in [1.82, 2.24) is 15.2 Å². The van der Waals surface area contributed by atoms with Crippen molar-refractivity contribution in [3.8, 4) is 0 Å². The maximum Gasteiger partial charge on any atom is 0.107 e. The Morgan fingerprint density at radius 2 is 2.00 bits per heavy atom. The van der Waals surface area contributed by atoms with Gasteiger partial charge in [-0.15, -0.1) is 11.3 Å². The number of nitrogens with zero attached hydrogens (tertiary/aromatic N) is 2. The fourth-order valence-electron chi connectivity index (χ4n) is 2.55. The number of aromatic nitrogens is 1. The highest BCUT2D eigenvalue weighted by atomic mass is 32.1. The molecule has 0 aliphatic carbocycles. The van der Waals surface area contributed by atoms with Crippen LogP contribution < -0.4 is 5.32 Å². The first-order valence-electron chi connectivity index (χ1n) is 7.43. The smallest absolute Gasteiger partial charge is 0.107 e. The molecule has 1 saturated heterocycles. The lowest BCUT2D eigenvalue weighted by Gasteiger charge is -2.31. The van der Waals surface area contributed by atoms with Crippen molar-refractivity contribution in [2.45, 2.75) is 53.1 Å². The van der Waals surface area contributed by atoms with Crippen molar-refractivity contribution < 1.29 is 0 Å². The summed E-state index contributed by atoms with van der Waals surface area (Å²) in [5, 5.41) is 4.85. The Kier molecular flexibility index (Phi) is 5.37.